The van der Waals surface area contributed by atoms with E-state index >= 15 is 0 Å². The number of hydrogen-bond donors (Lipinski definition) is 2. The molecule has 2 aliphatic carbocycles. The zero-order chi connectivity index (χ0) is 27.9. The number of rotatable bonds is 3. The lowest BCUT2D eigenvalue weighted by Gasteiger charge is -2.49. The van der Waals surface area contributed by atoms with Crippen LogP contribution in [0.5, 0.6) is 11.5 Å². The third kappa shape index (κ3) is 3.66. The standard InChI is InChI=1S/C28H23F3N2O6/c1-27-19(25(37)33(26(27)38)13-5-3-2-4-6-13)12-17-15(8-9-16-21(17)24(36)32-23(16)35)22(27)18-11-14(7-10-20(18)34)39-28(29,30)31/h2-8,10-11,16-17,19,21-22,34H,9,12H2,1H3,(H,32,35,36)/t16-,17+,19-,21-,22+,27+/m0/s1. The van der Waals surface area contributed by atoms with Gasteiger partial charge >= 0.3 is 6.36 Å². The number of para-hydroxylation sites is 1. The van der Waals surface area contributed by atoms with Crippen molar-refractivity contribution in [3.8, 4) is 11.5 Å². The van der Waals surface area contributed by atoms with Gasteiger partial charge in [-0.05, 0) is 56.0 Å². The molecular weight excluding hydrogens is 517 g/mol. The first kappa shape index (κ1) is 25.1. The van der Waals surface area contributed by atoms with Crippen LogP contribution in [0.3, 0.4) is 0 Å². The average Bonchev–Trinajstić information content (AvgIpc) is 3.27. The largest absolute Gasteiger partial charge is 0.573 e. The Balaban J connectivity index is 1.55. The van der Waals surface area contributed by atoms with Gasteiger partial charge in [0.2, 0.25) is 23.6 Å². The van der Waals surface area contributed by atoms with E-state index in [9.17, 15) is 37.5 Å². The number of nitrogens with zero attached hydrogens (tertiary/aromatic N) is 1. The molecule has 0 radical (unpaired) electrons. The van der Waals surface area contributed by atoms with E-state index in [-0.39, 0.29) is 24.2 Å². The lowest BCUT2D eigenvalue weighted by atomic mass is 9.51. The number of hydrogen-bond acceptors (Lipinski definition) is 6. The fourth-order valence-electron chi connectivity index (χ4n) is 7.05. The molecule has 0 unspecified atom stereocenters. The summed E-state index contributed by atoms with van der Waals surface area (Å²) in [5.74, 6) is -7.09. The van der Waals surface area contributed by atoms with Crippen LogP contribution >= 0.6 is 0 Å². The molecular formula is C28H23F3N2O6. The maximum absolute atomic E-state index is 14.2. The third-order valence-corrected chi connectivity index (χ3v) is 8.68. The first-order valence-corrected chi connectivity index (χ1v) is 12.5. The molecule has 202 valence electrons. The summed E-state index contributed by atoms with van der Waals surface area (Å²) in [4.78, 5) is 54.4. The monoisotopic (exact) mass is 540 g/mol. The minimum absolute atomic E-state index is 0.0283. The molecule has 6 atom stereocenters. The zero-order valence-corrected chi connectivity index (χ0v) is 20.6. The van der Waals surface area contributed by atoms with Crippen molar-refractivity contribution in [2.45, 2.75) is 32.0 Å². The molecule has 0 spiro atoms. The molecule has 4 amide bonds. The Kier molecular flexibility index (Phi) is 5.43. The van der Waals surface area contributed by atoms with Crippen molar-refractivity contribution in [3.63, 3.8) is 0 Å². The van der Waals surface area contributed by atoms with Gasteiger partial charge in [0.05, 0.1) is 28.9 Å². The highest BCUT2D eigenvalue weighted by Crippen LogP contribution is 2.64. The summed E-state index contributed by atoms with van der Waals surface area (Å²) in [6.07, 6.45) is -3.00. The number of carbonyl (C=O) groups is 4. The number of aromatic hydroxyl groups is 1. The molecule has 0 bridgehead atoms. The number of alkyl halides is 3. The topological polar surface area (TPSA) is 113 Å². The molecule has 2 saturated heterocycles. The van der Waals surface area contributed by atoms with E-state index in [0.717, 1.165) is 23.1 Å². The van der Waals surface area contributed by atoms with Crippen molar-refractivity contribution in [2.24, 2.45) is 29.1 Å². The van der Waals surface area contributed by atoms with Gasteiger partial charge in [-0.25, -0.2) is 4.90 Å². The Labute approximate surface area is 220 Å². The third-order valence-electron chi connectivity index (χ3n) is 8.68. The lowest BCUT2D eigenvalue weighted by Crippen LogP contribution is -2.48. The number of phenols is 1. The average molecular weight is 540 g/mol. The molecule has 4 aliphatic rings. The van der Waals surface area contributed by atoms with Crippen LogP contribution in [0.25, 0.3) is 0 Å². The Morgan fingerprint density at radius 1 is 1.03 bits per heavy atom. The van der Waals surface area contributed by atoms with Crippen LogP contribution in [0.15, 0.2) is 60.2 Å². The van der Waals surface area contributed by atoms with Gasteiger partial charge in [0.15, 0.2) is 0 Å². The highest BCUT2D eigenvalue weighted by Gasteiger charge is 2.67. The second-order valence-electron chi connectivity index (χ2n) is 10.6. The summed E-state index contributed by atoms with van der Waals surface area (Å²) >= 11 is 0. The predicted octanol–water partition coefficient (Wildman–Crippen LogP) is 3.81. The smallest absolute Gasteiger partial charge is 0.508 e. The molecule has 2 N–H and O–H groups in total. The number of allylic oxidation sites excluding steroid dienone is 2. The van der Waals surface area contributed by atoms with Crippen LogP contribution in [0.1, 0.15) is 31.2 Å². The number of halogens is 3. The first-order valence-electron chi connectivity index (χ1n) is 12.5. The summed E-state index contributed by atoms with van der Waals surface area (Å²) in [5, 5.41) is 13.3. The Hall–Kier alpha value is -4.15. The molecule has 2 heterocycles. The molecule has 8 nitrogen and oxygen atoms in total. The minimum Gasteiger partial charge on any atom is -0.508 e. The normalized spacial score (nSPS) is 31.8. The molecule has 11 heteroatoms. The van der Waals surface area contributed by atoms with Crippen molar-refractivity contribution in [3.05, 3.63) is 65.7 Å². The molecule has 2 aromatic rings. The molecule has 1 saturated carbocycles. The van der Waals surface area contributed by atoms with Crippen molar-refractivity contribution < 1.29 is 42.2 Å². The van der Waals surface area contributed by atoms with Gasteiger partial charge < -0.3 is 9.84 Å². The van der Waals surface area contributed by atoms with Gasteiger partial charge in [0, 0.05) is 11.5 Å². The van der Waals surface area contributed by atoms with Gasteiger partial charge in [-0.15, -0.1) is 13.2 Å². The van der Waals surface area contributed by atoms with E-state index in [4.69, 9.17) is 0 Å². The molecule has 6 rings (SSSR count). The lowest BCUT2D eigenvalue weighted by molar-refractivity contribution is -0.274. The van der Waals surface area contributed by atoms with E-state index in [1.807, 2.05) is 0 Å². The summed E-state index contributed by atoms with van der Waals surface area (Å²) in [6.45, 7) is 1.57. The number of anilines is 1. The van der Waals surface area contributed by atoms with Crippen LogP contribution in [0.4, 0.5) is 18.9 Å². The maximum atomic E-state index is 14.2. The fourth-order valence-corrected chi connectivity index (χ4v) is 7.05. The highest BCUT2D eigenvalue weighted by molar-refractivity contribution is 6.24. The van der Waals surface area contributed by atoms with Gasteiger partial charge in [-0.1, -0.05) is 29.8 Å². The van der Waals surface area contributed by atoms with Gasteiger partial charge in [0.25, 0.3) is 0 Å². The first-order chi connectivity index (χ1) is 18.4. The number of fused-ring (bicyclic) bond motifs is 4. The number of benzene rings is 2. The fraction of sp³-hybridized carbons (Fsp3) is 0.357. The summed E-state index contributed by atoms with van der Waals surface area (Å²) < 4.78 is 43.3. The van der Waals surface area contributed by atoms with Crippen LogP contribution in [-0.4, -0.2) is 35.1 Å². The SMILES string of the molecule is C[C@@]12C(=O)N(c3ccccc3)C(=O)[C@@H]1C[C@@H]1C(=CC[C@@H]3C(=O)NC(=O)[C@@H]31)[C@@H]2c1cc(OC(F)(F)F)ccc1O. The molecule has 2 aromatic carbocycles. The van der Waals surface area contributed by atoms with Crippen LogP contribution < -0.4 is 15.0 Å². The predicted molar refractivity (Wildman–Crippen MR) is 129 cm³/mol. The number of nitrogens with one attached hydrogen (secondary N) is 1. The van der Waals surface area contributed by atoms with E-state index in [1.54, 1.807) is 43.3 Å². The second-order valence-corrected chi connectivity index (χ2v) is 10.6. The summed E-state index contributed by atoms with van der Waals surface area (Å²) in [6, 6.07) is 11.3. The van der Waals surface area contributed by atoms with Gasteiger partial charge in [0.1, 0.15) is 11.5 Å². The number of amides is 4. The van der Waals surface area contributed by atoms with Crippen molar-refractivity contribution >= 4 is 29.3 Å². The van der Waals surface area contributed by atoms with E-state index in [0.29, 0.717) is 11.3 Å². The van der Waals surface area contributed by atoms with Crippen molar-refractivity contribution in [1.82, 2.24) is 5.32 Å². The number of imide groups is 2. The van der Waals surface area contributed by atoms with E-state index in [1.165, 1.54) is 0 Å². The zero-order valence-electron chi connectivity index (χ0n) is 20.6. The number of carbonyl (C=O) groups excluding carboxylic acids is 4. The number of ether oxygens (including phenoxy) is 1. The van der Waals surface area contributed by atoms with Gasteiger partial charge in [-0.3, -0.25) is 24.5 Å². The summed E-state index contributed by atoms with van der Waals surface area (Å²) in [5.41, 5.74) is -0.658. The highest BCUT2D eigenvalue weighted by atomic mass is 19.4. The minimum atomic E-state index is -5.00. The van der Waals surface area contributed by atoms with Crippen LogP contribution in [0.2, 0.25) is 0 Å². The van der Waals surface area contributed by atoms with Crippen LogP contribution in [-0.2, 0) is 19.2 Å². The van der Waals surface area contributed by atoms with Crippen LogP contribution in [0, 0.1) is 29.1 Å². The Bertz CT molecular complexity index is 1450. The van der Waals surface area contributed by atoms with Crippen molar-refractivity contribution in [1.29, 1.82) is 0 Å². The number of phenolic OH excluding ortho intramolecular Hbond substituents is 1. The maximum Gasteiger partial charge on any atom is 0.573 e. The Morgan fingerprint density at radius 2 is 1.74 bits per heavy atom. The second kappa shape index (κ2) is 8.42. The molecule has 3 fully saturated rings. The summed E-state index contributed by atoms with van der Waals surface area (Å²) in [7, 11) is 0. The quantitative estimate of drug-likeness (QED) is 0.452. The van der Waals surface area contributed by atoms with Crippen molar-refractivity contribution in [2.75, 3.05) is 4.90 Å². The van der Waals surface area contributed by atoms with E-state index < -0.39 is 70.7 Å². The molecule has 2 aliphatic heterocycles. The van der Waals surface area contributed by atoms with Gasteiger partial charge in [-0.2, -0.15) is 0 Å². The van der Waals surface area contributed by atoms with E-state index in [2.05, 4.69) is 10.1 Å². The molecule has 39 heavy (non-hydrogen) atoms. The Morgan fingerprint density at radius 3 is 2.44 bits per heavy atom. The molecule has 0 aromatic heterocycles.